The van der Waals surface area contributed by atoms with E-state index in [1.54, 1.807) is 11.1 Å². The van der Waals surface area contributed by atoms with Crippen molar-refractivity contribution in [1.29, 1.82) is 0 Å². The monoisotopic (exact) mass is 341 g/mol. The van der Waals surface area contributed by atoms with Gasteiger partial charge in [-0.3, -0.25) is 10.3 Å². The summed E-state index contributed by atoms with van der Waals surface area (Å²) in [6.07, 6.45) is 3.26. The SMILES string of the molecule is CC(C)(C)OC(=O)NC1=CC(=NCc2ccccc2)NC2=CCNN12. The smallest absolute Gasteiger partial charge is 0.413 e. The maximum atomic E-state index is 12.1. The molecule has 7 nitrogen and oxygen atoms in total. The molecule has 7 heteroatoms. The van der Waals surface area contributed by atoms with Crippen molar-refractivity contribution in [3.8, 4) is 0 Å². The molecular weight excluding hydrogens is 318 g/mol. The Balaban J connectivity index is 1.76. The van der Waals surface area contributed by atoms with Crippen LogP contribution in [0.2, 0.25) is 0 Å². The van der Waals surface area contributed by atoms with Crippen molar-refractivity contribution < 1.29 is 9.53 Å². The summed E-state index contributed by atoms with van der Waals surface area (Å²) in [6, 6.07) is 10.0. The Labute approximate surface area is 147 Å². The van der Waals surface area contributed by atoms with Gasteiger partial charge in [0, 0.05) is 12.6 Å². The first kappa shape index (κ1) is 17.0. The Hall–Kier alpha value is -2.80. The van der Waals surface area contributed by atoms with Gasteiger partial charge in [0.05, 0.1) is 6.54 Å². The molecule has 2 aliphatic rings. The number of aliphatic imine (C=N–C) groups is 1. The van der Waals surface area contributed by atoms with E-state index in [2.05, 4.69) is 21.1 Å². The van der Waals surface area contributed by atoms with Gasteiger partial charge in [-0.25, -0.2) is 15.2 Å². The van der Waals surface area contributed by atoms with Gasteiger partial charge in [-0.1, -0.05) is 30.3 Å². The van der Waals surface area contributed by atoms with Gasteiger partial charge in [-0.15, -0.1) is 0 Å². The van der Waals surface area contributed by atoms with Crippen LogP contribution in [0.15, 0.2) is 59.1 Å². The average Bonchev–Trinajstić information content (AvgIpc) is 3.01. The molecule has 0 fully saturated rings. The number of hydrogen-bond acceptors (Lipinski definition) is 5. The molecule has 25 heavy (non-hydrogen) atoms. The predicted molar refractivity (Wildman–Crippen MR) is 96.1 cm³/mol. The molecule has 0 spiro atoms. The largest absolute Gasteiger partial charge is 0.444 e. The van der Waals surface area contributed by atoms with Gasteiger partial charge in [-0.05, 0) is 32.4 Å². The number of amides is 1. The summed E-state index contributed by atoms with van der Waals surface area (Å²) in [7, 11) is 0. The zero-order valence-electron chi connectivity index (χ0n) is 14.7. The Morgan fingerprint density at radius 1 is 1.32 bits per heavy atom. The van der Waals surface area contributed by atoms with Crippen molar-refractivity contribution in [2.45, 2.75) is 32.9 Å². The van der Waals surface area contributed by atoms with E-state index < -0.39 is 11.7 Å². The lowest BCUT2D eigenvalue weighted by Crippen LogP contribution is -2.48. The van der Waals surface area contributed by atoms with Crippen LogP contribution < -0.4 is 16.1 Å². The number of benzene rings is 1. The predicted octanol–water partition coefficient (Wildman–Crippen LogP) is 2.22. The number of fused-ring (bicyclic) bond motifs is 1. The van der Waals surface area contributed by atoms with Crippen LogP contribution in [0.1, 0.15) is 26.3 Å². The summed E-state index contributed by atoms with van der Waals surface area (Å²) in [6.45, 7) is 6.71. The molecule has 1 aromatic carbocycles. The van der Waals surface area contributed by atoms with E-state index in [1.165, 1.54) is 0 Å². The number of alkyl carbamates (subject to hydrolysis) is 1. The van der Waals surface area contributed by atoms with Gasteiger partial charge in [-0.2, -0.15) is 0 Å². The molecule has 2 aliphatic heterocycles. The second-order valence-corrected chi connectivity index (χ2v) is 6.76. The van der Waals surface area contributed by atoms with Crippen LogP contribution in [0.4, 0.5) is 4.79 Å². The highest BCUT2D eigenvalue weighted by Gasteiger charge is 2.27. The van der Waals surface area contributed by atoms with Crippen LogP contribution in [-0.4, -0.2) is 29.1 Å². The van der Waals surface area contributed by atoms with Crippen molar-refractivity contribution in [2.24, 2.45) is 4.99 Å². The lowest BCUT2D eigenvalue weighted by molar-refractivity contribution is 0.0526. The maximum absolute atomic E-state index is 12.1. The van der Waals surface area contributed by atoms with Gasteiger partial charge >= 0.3 is 6.09 Å². The van der Waals surface area contributed by atoms with Gasteiger partial charge < -0.3 is 10.1 Å². The summed E-state index contributed by atoms with van der Waals surface area (Å²) < 4.78 is 5.33. The van der Waals surface area contributed by atoms with Crippen LogP contribution in [0.5, 0.6) is 0 Å². The maximum Gasteiger partial charge on any atom is 0.413 e. The minimum absolute atomic E-state index is 0.504. The molecule has 132 valence electrons. The lowest BCUT2D eigenvalue weighted by Gasteiger charge is -2.30. The van der Waals surface area contributed by atoms with Gasteiger partial charge in [0.25, 0.3) is 0 Å². The Morgan fingerprint density at radius 2 is 2.08 bits per heavy atom. The van der Waals surface area contributed by atoms with Gasteiger partial charge in [0.15, 0.2) is 0 Å². The van der Waals surface area contributed by atoms with E-state index in [4.69, 9.17) is 4.74 Å². The number of amidine groups is 1. The molecule has 2 heterocycles. The zero-order valence-corrected chi connectivity index (χ0v) is 14.7. The standard InChI is InChI=1S/C18H23N5O2/c1-18(2,3)25-17(24)22-16-11-14(21-15-9-10-20-23(15)16)19-12-13-7-5-4-6-8-13/h4-9,11,20H,10,12H2,1-3H3,(H,19,21)(H,22,24). The van der Waals surface area contributed by atoms with Crippen LogP contribution in [0.25, 0.3) is 0 Å². The average molecular weight is 341 g/mol. The summed E-state index contributed by atoms with van der Waals surface area (Å²) in [4.78, 5) is 16.7. The molecule has 3 N–H and O–H groups in total. The van der Waals surface area contributed by atoms with Crippen LogP contribution in [0.3, 0.4) is 0 Å². The molecule has 0 aromatic heterocycles. The fourth-order valence-corrected chi connectivity index (χ4v) is 2.44. The lowest BCUT2D eigenvalue weighted by atomic mass is 10.2. The van der Waals surface area contributed by atoms with Crippen LogP contribution in [-0.2, 0) is 11.3 Å². The van der Waals surface area contributed by atoms with Gasteiger partial charge in [0.2, 0.25) is 0 Å². The fraction of sp³-hybridized carbons (Fsp3) is 0.333. The van der Waals surface area contributed by atoms with E-state index in [1.807, 2.05) is 57.2 Å². The summed E-state index contributed by atoms with van der Waals surface area (Å²) in [5.41, 5.74) is 3.72. The minimum Gasteiger partial charge on any atom is -0.444 e. The molecule has 0 radical (unpaired) electrons. The number of hydrogen-bond donors (Lipinski definition) is 3. The van der Waals surface area contributed by atoms with Crippen LogP contribution >= 0.6 is 0 Å². The molecule has 1 amide bonds. The molecule has 0 aliphatic carbocycles. The molecule has 0 atom stereocenters. The molecule has 0 saturated carbocycles. The first-order valence-corrected chi connectivity index (χ1v) is 8.22. The van der Waals surface area contributed by atoms with Crippen LogP contribution in [0, 0.1) is 0 Å². The van der Waals surface area contributed by atoms with Crippen molar-refractivity contribution in [3.05, 3.63) is 59.7 Å². The number of ether oxygens (including phenoxy) is 1. The highest BCUT2D eigenvalue weighted by molar-refractivity contribution is 5.96. The van der Waals surface area contributed by atoms with E-state index in [0.29, 0.717) is 24.7 Å². The second kappa shape index (κ2) is 6.98. The van der Waals surface area contributed by atoms with E-state index in [9.17, 15) is 4.79 Å². The van der Waals surface area contributed by atoms with Crippen molar-refractivity contribution in [3.63, 3.8) is 0 Å². The van der Waals surface area contributed by atoms with Crippen molar-refractivity contribution in [1.82, 2.24) is 21.1 Å². The highest BCUT2D eigenvalue weighted by atomic mass is 16.6. The van der Waals surface area contributed by atoms with E-state index >= 15 is 0 Å². The number of carbonyl (C=O) groups is 1. The Kier molecular flexibility index (Phi) is 4.76. The minimum atomic E-state index is -0.557. The highest BCUT2D eigenvalue weighted by Crippen LogP contribution is 2.16. The second-order valence-electron chi connectivity index (χ2n) is 6.76. The van der Waals surface area contributed by atoms with Crippen molar-refractivity contribution >= 4 is 11.9 Å². The Morgan fingerprint density at radius 3 is 2.80 bits per heavy atom. The third kappa shape index (κ3) is 4.60. The zero-order chi connectivity index (χ0) is 17.9. The van der Waals surface area contributed by atoms with Crippen molar-refractivity contribution in [2.75, 3.05) is 6.54 Å². The van der Waals surface area contributed by atoms with Gasteiger partial charge in [0.1, 0.15) is 23.1 Å². The third-order valence-electron chi connectivity index (χ3n) is 3.46. The number of carbonyl (C=O) groups excluding carboxylic acids is 1. The summed E-state index contributed by atoms with van der Waals surface area (Å²) >= 11 is 0. The molecule has 0 saturated heterocycles. The topological polar surface area (TPSA) is 78.0 Å². The first-order valence-electron chi connectivity index (χ1n) is 8.22. The van der Waals surface area contributed by atoms with E-state index in [0.717, 1.165) is 11.4 Å². The number of nitrogens with one attached hydrogen (secondary N) is 3. The molecule has 3 rings (SSSR count). The third-order valence-corrected chi connectivity index (χ3v) is 3.46. The number of rotatable bonds is 3. The molecule has 0 unspecified atom stereocenters. The normalized spacial score (nSPS) is 18.2. The molecule has 0 bridgehead atoms. The number of nitrogens with zero attached hydrogens (tertiary/aromatic N) is 2. The summed E-state index contributed by atoms with van der Waals surface area (Å²) in [5.74, 6) is 2.09. The number of hydrazine groups is 1. The van der Waals surface area contributed by atoms with E-state index in [-0.39, 0.29) is 0 Å². The summed E-state index contributed by atoms with van der Waals surface area (Å²) in [5, 5.41) is 7.79. The fourth-order valence-electron chi connectivity index (χ4n) is 2.44. The molecule has 1 aromatic rings. The quantitative estimate of drug-likeness (QED) is 0.786. The Bertz CT molecular complexity index is 732. The first-order chi connectivity index (χ1) is 11.9. The molecular formula is C18H23N5O2.